The highest BCUT2D eigenvalue weighted by Gasteiger charge is 2.27. The molecular weight excluding hydrogens is 372 g/mol. The van der Waals surface area contributed by atoms with E-state index in [4.69, 9.17) is 5.11 Å². The van der Waals surface area contributed by atoms with Gasteiger partial charge in [-0.25, -0.2) is 9.97 Å². The minimum atomic E-state index is -0.804. The van der Waals surface area contributed by atoms with Crippen molar-refractivity contribution in [2.75, 3.05) is 18.4 Å². The van der Waals surface area contributed by atoms with E-state index in [0.717, 1.165) is 0 Å². The molecule has 0 atom stereocenters. The predicted octanol–water partition coefficient (Wildman–Crippen LogP) is 2.79. The second-order valence-electron chi connectivity index (χ2n) is 7.41. The molecule has 1 aromatic carbocycles. The van der Waals surface area contributed by atoms with Crippen molar-refractivity contribution in [3.8, 4) is 0 Å². The van der Waals surface area contributed by atoms with Crippen molar-refractivity contribution in [2.45, 2.75) is 32.6 Å². The van der Waals surface area contributed by atoms with Gasteiger partial charge in [0, 0.05) is 30.5 Å². The molecule has 0 spiro atoms. The van der Waals surface area contributed by atoms with Gasteiger partial charge in [0.2, 0.25) is 0 Å². The zero-order valence-corrected chi connectivity index (χ0v) is 16.5. The van der Waals surface area contributed by atoms with Gasteiger partial charge < -0.3 is 15.3 Å². The van der Waals surface area contributed by atoms with Gasteiger partial charge in [0.15, 0.2) is 0 Å². The number of hydrogen-bond donors (Lipinski definition) is 2. The normalized spacial score (nSPS) is 14.7. The Kier molecular flexibility index (Phi) is 6.21. The van der Waals surface area contributed by atoms with Crippen LogP contribution in [-0.2, 0) is 4.79 Å². The Labute approximate surface area is 169 Å². The molecule has 1 aliphatic rings. The van der Waals surface area contributed by atoms with E-state index in [1.807, 2.05) is 13.8 Å². The van der Waals surface area contributed by atoms with Gasteiger partial charge in [0.1, 0.15) is 6.33 Å². The summed E-state index contributed by atoms with van der Waals surface area (Å²) in [7, 11) is 0. The molecule has 0 bridgehead atoms. The second kappa shape index (κ2) is 8.81. The summed E-state index contributed by atoms with van der Waals surface area (Å²) in [6.07, 6.45) is 3.85. The molecule has 1 aliphatic heterocycles. The number of nitrogens with one attached hydrogen (secondary N) is 1. The summed E-state index contributed by atoms with van der Waals surface area (Å²) in [4.78, 5) is 46.0. The molecule has 2 N–H and O–H groups in total. The minimum absolute atomic E-state index is 0.0871. The topological polar surface area (TPSA) is 112 Å². The van der Waals surface area contributed by atoms with E-state index in [-0.39, 0.29) is 23.7 Å². The van der Waals surface area contributed by atoms with E-state index in [1.54, 1.807) is 29.2 Å². The number of amides is 2. The first-order chi connectivity index (χ1) is 13.9. The molecule has 0 radical (unpaired) electrons. The van der Waals surface area contributed by atoms with Crippen LogP contribution in [0, 0.1) is 5.92 Å². The lowest BCUT2D eigenvalue weighted by Crippen LogP contribution is -2.40. The third-order valence-corrected chi connectivity index (χ3v) is 5.06. The first kappa shape index (κ1) is 20.4. The average Bonchev–Trinajstić information content (AvgIpc) is 2.73. The van der Waals surface area contributed by atoms with E-state index in [1.165, 1.54) is 12.5 Å². The number of benzene rings is 1. The van der Waals surface area contributed by atoms with E-state index < -0.39 is 5.97 Å². The van der Waals surface area contributed by atoms with Gasteiger partial charge in [-0.05, 0) is 43.0 Å². The van der Waals surface area contributed by atoms with Crippen molar-refractivity contribution in [3.05, 3.63) is 53.6 Å². The van der Waals surface area contributed by atoms with Crippen LogP contribution in [0.15, 0.2) is 36.8 Å². The van der Waals surface area contributed by atoms with Crippen LogP contribution >= 0.6 is 0 Å². The number of aromatic nitrogens is 2. The van der Waals surface area contributed by atoms with Crippen molar-refractivity contribution >= 4 is 23.5 Å². The fourth-order valence-corrected chi connectivity index (χ4v) is 3.38. The molecule has 0 saturated carbocycles. The lowest BCUT2D eigenvalue weighted by atomic mass is 9.96. The summed E-state index contributed by atoms with van der Waals surface area (Å²) in [6.45, 7) is 4.78. The molecule has 152 valence electrons. The summed E-state index contributed by atoms with van der Waals surface area (Å²) in [5.74, 6) is -1.53. The van der Waals surface area contributed by atoms with Crippen LogP contribution in [0.25, 0.3) is 0 Å². The average molecular weight is 396 g/mol. The van der Waals surface area contributed by atoms with Gasteiger partial charge >= 0.3 is 5.97 Å². The number of hydrogen-bond acceptors (Lipinski definition) is 5. The smallest absolute Gasteiger partial charge is 0.306 e. The highest BCUT2D eigenvalue weighted by atomic mass is 16.4. The summed E-state index contributed by atoms with van der Waals surface area (Å²) >= 11 is 0. The molecule has 1 aromatic heterocycles. The predicted molar refractivity (Wildman–Crippen MR) is 107 cm³/mol. The van der Waals surface area contributed by atoms with Crippen molar-refractivity contribution in [3.63, 3.8) is 0 Å². The zero-order chi connectivity index (χ0) is 21.0. The molecule has 0 aliphatic carbocycles. The number of piperidine rings is 1. The third kappa shape index (κ3) is 4.77. The highest BCUT2D eigenvalue weighted by Crippen LogP contribution is 2.21. The van der Waals surface area contributed by atoms with Crippen LogP contribution in [-0.4, -0.2) is 50.8 Å². The monoisotopic (exact) mass is 396 g/mol. The number of rotatable bonds is 5. The van der Waals surface area contributed by atoms with Crippen molar-refractivity contribution in [2.24, 2.45) is 5.92 Å². The van der Waals surface area contributed by atoms with Crippen molar-refractivity contribution in [1.82, 2.24) is 14.9 Å². The fourth-order valence-electron chi connectivity index (χ4n) is 3.38. The Morgan fingerprint density at radius 2 is 1.79 bits per heavy atom. The number of aliphatic carboxylic acids is 1. The van der Waals surface area contributed by atoms with Crippen LogP contribution in [0.1, 0.15) is 59.0 Å². The molecule has 2 amide bonds. The van der Waals surface area contributed by atoms with Gasteiger partial charge in [0.25, 0.3) is 11.8 Å². The Morgan fingerprint density at radius 3 is 2.38 bits per heavy atom. The zero-order valence-electron chi connectivity index (χ0n) is 16.5. The number of nitrogens with zero attached hydrogens (tertiary/aromatic N) is 3. The molecular formula is C21H24N4O4. The van der Waals surface area contributed by atoms with Gasteiger partial charge in [-0.15, -0.1) is 0 Å². The van der Waals surface area contributed by atoms with E-state index >= 15 is 0 Å². The Bertz CT molecular complexity index is 903. The minimum Gasteiger partial charge on any atom is -0.481 e. The third-order valence-electron chi connectivity index (χ3n) is 5.06. The largest absolute Gasteiger partial charge is 0.481 e. The lowest BCUT2D eigenvalue weighted by molar-refractivity contribution is -0.143. The molecule has 2 heterocycles. The first-order valence-corrected chi connectivity index (χ1v) is 9.60. The maximum absolute atomic E-state index is 12.6. The highest BCUT2D eigenvalue weighted by molar-refractivity contribution is 6.05. The summed E-state index contributed by atoms with van der Waals surface area (Å²) in [6, 6.07) is 6.67. The van der Waals surface area contributed by atoms with Crippen LogP contribution in [0.5, 0.6) is 0 Å². The second-order valence-corrected chi connectivity index (χ2v) is 7.41. The number of anilines is 1. The standard InChI is InChI=1S/C21H24N4O4/c1-13(2)18-17(11-22-12-23-18)19(26)24-16-5-3-14(4-6-16)20(27)25-9-7-15(8-10-25)21(28)29/h3-6,11-13,15H,7-10H2,1-2H3,(H,24,26)(H,28,29). The molecule has 1 fully saturated rings. The van der Waals surface area contributed by atoms with Gasteiger partial charge in [-0.1, -0.05) is 13.8 Å². The lowest BCUT2D eigenvalue weighted by Gasteiger charge is -2.30. The van der Waals surface area contributed by atoms with Crippen LogP contribution in [0.4, 0.5) is 5.69 Å². The summed E-state index contributed by atoms with van der Waals surface area (Å²) in [5.41, 5.74) is 2.16. The summed E-state index contributed by atoms with van der Waals surface area (Å²) in [5, 5.41) is 11.9. The molecule has 8 heteroatoms. The molecule has 3 rings (SSSR count). The Morgan fingerprint density at radius 1 is 1.14 bits per heavy atom. The van der Waals surface area contributed by atoms with Crippen molar-refractivity contribution in [1.29, 1.82) is 0 Å². The van der Waals surface area contributed by atoms with E-state index in [9.17, 15) is 14.4 Å². The van der Waals surface area contributed by atoms with Gasteiger partial charge in [-0.2, -0.15) is 0 Å². The molecule has 1 saturated heterocycles. The van der Waals surface area contributed by atoms with E-state index in [0.29, 0.717) is 48.4 Å². The molecule has 2 aromatic rings. The number of carboxylic acids is 1. The fraction of sp³-hybridized carbons (Fsp3) is 0.381. The number of carbonyl (C=O) groups is 3. The molecule has 29 heavy (non-hydrogen) atoms. The molecule has 8 nitrogen and oxygen atoms in total. The van der Waals surface area contributed by atoms with Gasteiger partial charge in [-0.3, -0.25) is 14.4 Å². The van der Waals surface area contributed by atoms with Crippen LogP contribution < -0.4 is 5.32 Å². The van der Waals surface area contributed by atoms with Crippen LogP contribution in [0.3, 0.4) is 0 Å². The summed E-state index contributed by atoms with van der Waals surface area (Å²) < 4.78 is 0. The molecule has 0 unspecified atom stereocenters. The number of carbonyl (C=O) groups excluding carboxylic acids is 2. The van der Waals surface area contributed by atoms with Crippen LogP contribution in [0.2, 0.25) is 0 Å². The van der Waals surface area contributed by atoms with Crippen molar-refractivity contribution < 1.29 is 19.5 Å². The SMILES string of the molecule is CC(C)c1ncncc1C(=O)Nc1ccc(C(=O)N2CCC(C(=O)O)CC2)cc1. The number of carboxylic acid groups (broad SMARTS) is 1. The maximum Gasteiger partial charge on any atom is 0.306 e. The van der Waals surface area contributed by atoms with E-state index in [2.05, 4.69) is 15.3 Å². The Balaban J connectivity index is 1.64. The first-order valence-electron chi connectivity index (χ1n) is 9.60. The van der Waals surface area contributed by atoms with Gasteiger partial charge in [0.05, 0.1) is 17.2 Å². The maximum atomic E-state index is 12.6. The quantitative estimate of drug-likeness (QED) is 0.804. The number of likely N-dealkylation sites (tertiary alicyclic amines) is 1. The Hall–Kier alpha value is -3.29.